The number of carbonyl (C=O) groups excluding carboxylic acids is 1. The molecule has 2 N–H and O–H groups in total. The van der Waals surface area contributed by atoms with Crippen LogP contribution in [0, 0.1) is 0 Å². The van der Waals surface area contributed by atoms with Gasteiger partial charge in [0.15, 0.2) is 5.96 Å². The van der Waals surface area contributed by atoms with E-state index in [9.17, 15) is 4.79 Å². The molecule has 160 valence electrons. The number of guanidine groups is 1. The van der Waals surface area contributed by atoms with Crippen molar-refractivity contribution in [2.45, 2.75) is 58.5 Å². The third-order valence-corrected chi connectivity index (χ3v) is 4.31. The lowest BCUT2D eigenvalue weighted by molar-refractivity contribution is 0.0302. The molecule has 1 fully saturated rings. The molecular weight excluding hydrogens is 457 g/mol. The Bertz CT molecular complexity index is 432. The minimum absolute atomic E-state index is 0. The molecule has 0 aromatic rings. The maximum absolute atomic E-state index is 11.9. The summed E-state index contributed by atoms with van der Waals surface area (Å²) in [5, 5.41) is 6.59. The van der Waals surface area contributed by atoms with Crippen LogP contribution in [0.3, 0.4) is 0 Å². The first-order valence-corrected chi connectivity index (χ1v) is 9.93. The van der Waals surface area contributed by atoms with Crippen molar-refractivity contribution in [2.75, 3.05) is 53.4 Å². The Morgan fingerprint density at radius 1 is 1.11 bits per heavy atom. The molecule has 0 saturated carbocycles. The molecule has 27 heavy (non-hydrogen) atoms. The molecule has 0 radical (unpaired) electrons. The first-order chi connectivity index (χ1) is 12.3. The molecule has 0 bridgehead atoms. The molecule has 0 spiro atoms. The van der Waals surface area contributed by atoms with E-state index in [1.54, 1.807) is 19.0 Å². The molecule has 1 heterocycles. The summed E-state index contributed by atoms with van der Waals surface area (Å²) in [7, 11) is 3.51. The molecule has 1 rings (SSSR count). The number of hydrogen-bond donors (Lipinski definition) is 2. The maximum atomic E-state index is 11.9. The van der Waals surface area contributed by atoms with Crippen molar-refractivity contribution in [3.8, 4) is 0 Å². The Hall–Kier alpha value is -0.770. The highest BCUT2D eigenvalue weighted by atomic mass is 127. The van der Waals surface area contributed by atoms with Crippen LogP contribution >= 0.6 is 24.0 Å². The minimum Gasteiger partial charge on any atom is -0.444 e. The van der Waals surface area contributed by atoms with Crippen molar-refractivity contribution in [1.82, 2.24) is 20.4 Å². The number of likely N-dealkylation sites (tertiary alicyclic amines) is 1. The third kappa shape index (κ3) is 13.1. The molecule has 0 aromatic heterocycles. The molecule has 0 aliphatic carbocycles. The van der Waals surface area contributed by atoms with Gasteiger partial charge in [-0.05, 0) is 59.7 Å². The second-order valence-corrected chi connectivity index (χ2v) is 7.94. The van der Waals surface area contributed by atoms with Crippen LogP contribution in [0.5, 0.6) is 0 Å². The van der Waals surface area contributed by atoms with Gasteiger partial charge in [-0.3, -0.25) is 4.99 Å². The van der Waals surface area contributed by atoms with E-state index in [1.165, 1.54) is 38.8 Å². The second-order valence-electron chi connectivity index (χ2n) is 7.94. The molecule has 0 aromatic carbocycles. The summed E-state index contributed by atoms with van der Waals surface area (Å²) in [6.07, 6.45) is 6.23. The topological polar surface area (TPSA) is 69.2 Å². The Labute approximate surface area is 182 Å². The molecule has 1 amide bonds. The van der Waals surface area contributed by atoms with Crippen molar-refractivity contribution in [3.05, 3.63) is 0 Å². The summed E-state index contributed by atoms with van der Waals surface area (Å²) in [4.78, 5) is 20.3. The Balaban J connectivity index is 0.00000676. The molecule has 8 heteroatoms. The van der Waals surface area contributed by atoms with Gasteiger partial charge in [-0.25, -0.2) is 4.79 Å². The van der Waals surface area contributed by atoms with Gasteiger partial charge in [0.2, 0.25) is 0 Å². The average molecular weight is 497 g/mol. The fraction of sp³-hybridized carbons (Fsp3) is 0.895. The van der Waals surface area contributed by atoms with Crippen LogP contribution in [0.4, 0.5) is 4.79 Å². The predicted octanol–water partition coefficient (Wildman–Crippen LogP) is 2.90. The van der Waals surface area contributed by atoms with Crippen molar-refractivity contribution in [1.29, 1.82) is 0 Å². The van der Waals surface area contributed by atoms with Gasteiger partial charge in [0, 0.05) is 33.7 Å². The normalized spacial score (nSPS) is 16.1. The number of amides is 1. The summed E-state index contributed by atoms with van der Waals surface area (Å²) in [5.74, 6) is 0.776. The smallest absolute Gasteiger partial charge is 0.410 e. The lowest BCUT2D eigenvalue weighted by Gasteiger charge is -2.25. The second kappa shape index (κ2) is 14.3. The summed E-state index contributed by atoms with van der Waals surface area (Å²) in [6.45, 7) is 11.3. The molecule has 1 aliphatic rings. The fourth-order valence-corrected chi connectivity index (χ4v) is 2.86. The van der Waals surface area contributed by atoms with Gasteiger partial charge in [0.1, 0.15) is 5.60 Å². The Morgan fingerprint density at radius 2 is 1.70 bits per heavy atom. The van der Waals surface area contributed by atoms with Crippen molar-refractivity contribution < 1.29 is 9.53 Å². The number of carbonyl (C=O) groups is 1. The van der Waals surface area contributed by atoms with E-state index in [1.807, 2.05) is 20.8 Å². The maximum Gasteiger partial charge on any atom is 0.410 e. The van der Waals surface area contributed by atoms with E-state index >= 15 is 0 Å². The Morgan fingerprint density at radius 3 is 2.26 bits per heavy atom. The van der Waals surface area contributed by atoms with Crippen LogP contribution in [-0.2, 0) is 4.74 Å². The third-order valence-electron chi connectivity index (χ3n) is 4.31. The minimum atomic E-state index is -0.469. The molecule has 0 unspecified atom stereocenters. The van der Waals surface area contributed by atoms with Crippen LogP contribution < -0.4 is 10.6 Å². The van der Waals surface area contributed by atoms with Gasteiger partial charge >= 0.3 is 6.09 Å². The van der Waals surface area contributed by atoms with Crippen LogP contribution in [0.1, 0.15) is 52.9 Å². The molecular formula is C19H40IN5O2. The van der Waals surface area contributed by atoms with Gasteiger partial charge in [0.05, 0.1) is 0 Å². The SMILES string of the molecule is CN=C(NCCCN1CCCCCC1)NCCN(C)C(=O)OC(C)(C)C.I. The zero-order chi connectivity index (χ0) is 19.4. The van der Waals surface area contributed by atoms with Crippen molar-refractivity contribution in [2.24, 2.45) is 4.99 Å². The lowest BCUT2D eigenvalue weighted by Crippen LogP contribution is -2.43. The average Bonchev–Trinajstić information content (AvgIpc) is 2.84. The number of hydrogen-bond acceptors (Lipinski definition) is 4. The van der Waals surface area contributed by atoms with E-state index in [2.05, 4.69) is 20.5 Å². The van der Waals surface area contributed by atoms with E-state index in [0.29, 0.717) is 13.1 Å². The number of rotatable bonds is 7. The van der Waals surface area contributed by atoms with Gasteiger partial charge < -0.3 is 25.2 Å². The number of nitrogens with zero attached hydrogens (tertiary/aromatic N) is 3. The molecule has 0 atom stereocenters. The van der Waals surface area contributed by atoms with Crippen LogP contribution in [0.2, 0.25) is 0 Å². The van der Waals surface area contributed by atoms with E-state index < -0.39 is 5.60 Å². The van der Waals surface area contributed by atoms with E-state index in [-0.39, 0.29) is 30.1 Å². The summed E-state index contributed by atoms with van der Waals surface area (Å²) < 4.78 is 5.34. The van der Waals surface area contributed by atoms with E-state index in [0.717, 1.165) is 25.5 Å². The van der Waals surface area contributed by atoms with Gasteiger partial charge in [-0.2, -0.15) is 0 Å². The van der Waals surface area contributed by atoms with Crippen LogP contribution in [-0.4, -0.2) is 80.8 Å². The highest BCUT2D eigenvalue weighted by Gasteiger charge is 2.19. The monoisotopic (exact) mass is 497 g/mol. The Kier molecular flexibility index (Phi) is 13.9. The fourth-order valence-electron chi connectivity index (χ4n) is 2.86. The predicted molar refractivity (Wildman–Crippen MR) is 123 cm³/mol. The number of ether oxygens (including phenoxy) is 1. The summed E-state index contributed by atoms with van der Waals surface area (Å²) >= 11 is 0. The summed E-state index contributed by atoms with van der Waals surface area (Å²) in [5.41, 5.74) is -0.469. The first kappa shape index (κ1) is 26.2. The summed E-state index contributed by atoms with van der Waals surface area (Å²) in [6, 6.07) is 0. The zero-order valence-electron chi connectivity index (χ0n) is 17.8. The highest BCUT2D eigenvalue weighted by molar-refractivity contribution is 14.0. The van der Waals surface area contributed by atoms with Crippen LogP contribution in [0.25, 0.3) is 0 Å². The van der Waals surface area contributed by atoms with Gasteiger partial charge in [-0.15, -0.1) is 24.0 Å². The first-order valence-electron chi connectivity index (χ1n) is 9.93. The lowest BCUT2D eigenvalue weighted by atomic mass is 10.2. The van der Waals surface area contributed by atoms with Crippen LogP contribution in [0.15, 0.2) is 4.99 Å². The molecule has 7 nitrogen and oxygen atoms in total. The zero-order valence-corrected chi connectivity index (χ0v) is 20.2. The van der Waals surface area contributed by atoms with Crippen molar-refractivity contribution >= 4 is 36.0 Å². The molecule has 1 aliphatic heterocycles. The largest absolute Gasteiger partial charge is 0.444 e. The number of aliphatic imine (C=N–C) groups is 1. The van der Waals surface area contributed by atoms with Crippen molar-refractivity contribution in [3.63, 3.8) is 0 Å². The quantitative estimate of drug-likeness (QED) is 0.245. The van der Waals surface area contributed by atoms with Gasteiger partial charge in [-0.1, -0.05) is 12.8 Å². The highest BCUT2D eigenvalue weighted by Crippen LogP contribution is 2.10. The standard InChI is InChI=1S/C19H39N5O2.HI/c1-19(2,3)26-18(25)23(5)16-12-22-17(20-4)21-11-10-15-24-13-8-6-7-9-14-24;/h6-16H2,1-5H3,(H2,20,21,22);1H. The van der Waals surface area contributed by atoms with Gasteiger partial charge in [0.25, 0.3) is 0 Å². The molecule has 1 saturated heterocycles. The number of likely N-dealkylation sites (N-methyl/N-ethyl adjacent to an activating group) is 1. The number of halogens is 1. The number of nitrogens with one attached hydrogen (secondary N) is 2. The van der Waals surface area contributed by atoms with E-state index in [4.69, 9.17) is 4.74 Å².